The number of rotatable bonds is 8. The maximum absolute atomic E-state index is 9.41. The fraction of sp³-hybridized carbons (Fsp3) is 1.00. The smallest absolute Gasteiger partial charge is 0.0940 e. The summed E-state index contributed by atoms with van der Waals surface area (Å²) < 4.78 is 5.89. The molecule has 0 bridgehead atoms. The lowest BCUT2D eigenvalue weighted by atomic mass is 9.86. The van der Waals surface area contributed by atoms with Crippen LogP contribution in [0.3, 0.4) is 0 Å². The molecule has 1 fully saturated rings. The van der Waals surface area contributed by atoms with Crippen molar-refractivity contribution >= 4 is 0 Å². The van der Waals surface area contributed by atoms with Crippen molar-refractivity contribution in [3.05, 3.63) is 0 Å². The van der Waals surface area contributed by atoms with Crippen LogP contribution in [0.1, 0.15) is 47.5 Å². The molecule has 2 N–H and O–H groups in total. The first kappa shape index (κ1) is 17.9. The second kappa shape index (κ2) is 7.74. The van der Waals surface area contributed by atoms with E-state index in [0.29, 0.717) is 0 Å². The fourth-order valence-electron chi connectivity index (χ4n) is 3.03. The van der Waals surface area contributed by atoms with E-state index >= 15 is 0 Å². The molecule has 0 aromatic carbocycles. The molecule has 20 heavy (non-hydrogen) atoms. The highest BCUT2D eigenvalue weighted by Gasteiger charge is 2.36. The van der Waals surface area contributed by atoms with Gasteiger partial charge in [-0.1, -0.05) is 20.8 Å². The van der Waals surface area contributed by atoms with Crippen LogP contribution in [0.5, 0.6) is 0 Å². The molecule has 1 aliphatic heterocycles. The largest absolute Gasteiger partial charge is 0.394 e. The molecule has 4 heteroatoms. The molecule has 0 aromatic rings. The summed E-state index contributed by atoms with van der Waals surface area (Å²) in [5.74, 6) is 0. The van der Waals surface area contributed by atoms with Crippen LogP contribution in [0, 0.1) is 5.41 Å². The van der Waals surface area contributed by atoms with Gasteiger partial charge >= 0.3 is 0 Å². The minimum absolute atomic E-state index is 0.0524. The molecule has 1 aliphatic rings. The maximum atomic E-state index is 9.41. The Morgan fingerprint density at radius 3 is 2.65 bits per heavy atom. The summed E-state index contributed by atoms with van der Waals surface area (Å²) in [5.41, 5.74) is 0.111. The van der Waals surface area contributed by atoms with Crippen molar-refractivity contribution in [1.29, 1.82) is 0 Å². The van der Waals surface area contributed by atoms with Gasteiger partial charge in [-0.2, -0.15) is 0 Å². The van der Waals surface area contributed by atoms with Gasteiger partial charge in [-0.3, -0.25) is 4.90 Å². The Balaban J connectivity index is 2.58. The van der Waals surface area contributed by atoms with Crippen LogP contribution in [-0.2, 0) is 4.74 Å². The number of nitrogens with zero attached hydrogens (tertiary/aromatic N) is 1. The average molecular weight is 286 g/mol. The van der Waals surface area contributed by atoms with Crippen molar-refractivity contribution in [1.82, 2.24) is 10.2 Å². The summed E-state index contributed by atoms with van der Waals surface area (Å²) in [6.07, 6.45) is 2.28. The van der Waals surface area contributed by atoms with E-state index in [0.717, 1.165) is 39.1 Å². The van der Waals surface area contributed by atoms with Crippen LogP contribution < -0.4 is 5.32 Å². The molecule has 1 saturated heterocycles. The Bertz CT molecular complexity index is 284. The normalized spacial score (nSPS) is 26.4. The fourth-order valence-corrected chi connectivity index (χ4v) is 3.03. The number of morpholine rings is 1. The standard InChI is InChI=1S/C16H34N2O2/c1-6-8-17-11-16(5,7-2)13-18-9-14(10-19)20-15(3,4)12-18/h14,17,19H,6-13H2,1-5H3. The third-order valence-corrected chi connectivity index (χ3v) is 4.19. The zero-order valence-electron chi connectivity index (χ0n) is 14.0. The van der Waals surface area contributed by atoms with Crippen LogP contribution in [-0.4, -0.2) is 61.0 Å². The number of aliphatic hydroxyl groups is 1. The molecule has 1 rings (SSSR count). The van der Waals surface area contributed by atoms with Crippen molar-refractivity contribution in [2.45, 2.75) is 59.2 Å². The molecule has 0 spiro atoms. The molecule has 120 valence electrons. The summed E-state index contributed by atoms with van der Waals surface area (Å²) in [7, 11) is 0. The predicted molar refractivity (Wildman–Crippen MR) is 84.0 cm³/mol. The van der Waals surface area contributed by atoms with E-state index < -0.39 is 0 Å². The van der Waals surface area contributed by atoms with Crippen LogP contribution in [0.15, 0.2) is 0 Å². The summed E-state index contributed by atoms with van der Waals surface area (Å²) in [5, 5.41) is 13.0. The molecule has 0 amide bonds. The third kappa shape index (κ3) is 5.68. The minimum atomic E-state index is -0.169. The number of nitrogens with one attached hydrogen (secondary N) is 1. The first-order valence-corrected chi connectivity index (χ1v) is 8.06. The second-order valence-electron chi connectivity index (χ2n) is 7.19. The summed E-state index contributed by atoms with van der Waals surface area (Å²) >= 11 is 0. The van der Waals surface area contributed by atoms with E-state index in [1.165, 1.54) is 6.42 Å². The van der Waals surface area contributed by atoms with E-state index in [1.54, 1.807) is 0 Å². The SMILES string of the molecule is CCCNCC(C)(CC)CN1CC(CO)OC(C)(C)C1. The predicted octanol–water partition coefficient (Wildman–Crippen LogP) is 1.87. The van der Waals surface area contributed by atoms with Gasteiger partial charge in [-0.25, -0.2) is 0 Å². The van der Waals surface area contributed by atoms with Gasteiger partial charge in [0.05, 0.1) is 18.3 Å². The Kier molecular flexibility index (Phi) is 6.92. The quantitative estimate of drug-likeness (QED) is 0.669. The Hall–Kier alpha value is -0.160. The molecule has 0 aromatic heterocycles. The number of hydrogen-bond acceptors (Lipinski definition) is 4. The minimum Gasteiger partial charge on any atom is -0.394 e. The van der Waals surface area contributed by atoms with Crippen LogP contribution in [0.25, 0.3) is 0 Å². The summed E-state index contributed by atoms with van der Waals surface area (Å²) in [6.45, 7) is 16.1. The average Bonchev–Trinajstić information content (AvgIpc) is 2.37. The Morgan fingerprint density at radius 1 is 1.40 bits per heavy atom. The van der Waals surface area contributed by atoms with E-state index in [1.807, 2.05) is 0 Å². The number of ether oxygens (including phenoxy) is 1. The maximum Gasteiger partial charge on any atom is 0.0940 e. The molecule has 2 unspecified atom stereocenters. The highest BCUT2D eigenvalue weighted by Crippen LogP contribution is 2.27. The van der Waals surface area contributed by atoms with Gasteiger partial charge in [0.1, 0.15) is 0 Å². The van der Waals surface area contributed by atoms with E-state index in [9.17, 15) is 5.11 Å². The van der Waals surface area contributed by atoms with Crippen LogP contribution in [0.2, 0.25) is 0 Å². The van der Waals surface area contributed by atoms with E-state index in [2.05, 4.69) is 44.8 Å². The van der Waals surface area contributed by atoms with Crippen LogP contribution in [0.4, 0.5) is 0 Å². The van der Waals surface area contributed by atoms with Crippen molar-refractivity contribution in [3.63, 3.8) is 0 Å². The highest BCUT2D eigenvalue weighted by atomic mass is 16.5. The van der Waals surface area contributed by atoms with Gasteiger partial charge in [0.15, 0.2) is 0 Å². The first-order chi connectivity index (χ1) is 9.34. The number of hydrogen-bond donors (Lipinski definition) is 2. The first-order valence-electron chi connectivity index (χ1n) is 8.06. The van der Waals surface area contributed by atoms with Crippen molar-refractivity contribution < 1.29 is 9.84 Å². The Morgan fingerprint density at radius 2 is 2.10 bits per heavy atom. The summed E-state index contributed by atoms with van der Waals surface area (Å²) in [6, 6.07) is 0. The van der Waals surface area contributed by atoms with Gasteiger partial charge in [0, 0.05) is 26.2 Å². The van der Waals surface area contributed by atoms with Crippen LogP contribution >= 0.6 is 0 Å². The van der Waals surface area contributed by atoms with Gasteiger partial charge in [0.2, 0.25) is 0 Å². The zero-order chi connectivity index (χ0) is 15.2. The van der Waals surface area contributed by atoms with Crippen molar-refractivity contribution in [2.75, 3.05) is 39.3 Å². The molecule has 4 nitrogen and oxygen atoms in total. The van der Waals surface area contributed by atoms with Gasteiger partial charge in [-0.05, 0) is 38.6 Å². The summed E-state index contributed by atoms with van der Waals surface area (Å²) in [4.78, 5) is 2.46. The molecular formula is C16H34N2O2. The topological polar surface area (TPSA) is 44.7 Å². The van der Waals surface area contributed by atoms with Gasteiger partial charge in [-0.15, -0.1) is 0 Å². The van der Waals surface area contributed by atoms with Gasteiger partial charge in [0.25, 0.3) is 0 Å². The zero-order valence-corrected chi connectivity index (χ0v) is 14.0. The third-order valence-electron chi connectivity index (χ3n) is 4.19. The molecular weight excluding hydrogens is 252 g/mol. The molecule has 1 heterocycles. The lowest BCUT2D eigenvalue weighted by Gasteiger charge is -2.45. The van der Waals surface area contributed by atoms with Crippen molar-refractivity contribution in [2.24, 2.45) is 5.41 Å². The monoisotopic (exact) mass is 286 g/mol. The lowest BCUT2D eigenvalue weighted by Crippen LogP contribution is -2.56. The van der Waals surface area contributed by atoms with E-state index in [-0.39, 0.29) is 23.7 Å². The Labute approximate surface area is 124 Å². The molecule has 0 aliphatic carbocycles. The molecule has 2 atom stereocenters. The number of aliphatic hydroxyl groups excluding tert-OH is 1. The highest BCUT2D eigenvalue weighted by molar-refractivity contribution is 4.88. The van der Waals surface area contributed by atoms with Gasteiger partial charge < -0.3 is 15.2 Å². The molecule has 0 saturated carbocycles. The molecule has 0 radical (unpaired) electrons. The van der Waals surface area contributed by atoms with E-state index in [4.69, 9.17) is 4.74 Å². The lowest BCUT2D eigenvalue weighted by molar-refractivity contribution is -0.153. The van der Waals surface area contributed by atoms with Crippen molar-refractivity contribution in [3.8, 4) is 0 Å². The second-order valence-corrected chi connectivity index (χ2v) is 7.19.